The smallest absolute Gasteiger partial charge is 0.0103 e. The van der Waals surface area contributed by atoms with Gasteiger partial charge in [0.05, 0.1) is 0 Å². The zero-order chi connectivity index (χ0) is 15.3. The molecule has 2 rings (SSSR count). The van der Waals surface area contributed by atoms with Crippen LogP contribution in [-0.4, -0.2) is 24.7 Å². The van der Waals surface area contributed by atoms with Crippen LogP contribution in [0.15, 0.2) is 0 Å². The second-order valence-corrected chi connectivity index (χ2v) is 8.67. The highest BCUT2D eigenvalue weighted by Gasteiger charge is 2.34. The minimum atomic E-state index is 0.443. The van der Waals surface area contributed by atoms with Gasteiger partial charge in [-0.25, -0.2) is 0 Å². The van der Waals surface area contributed by atoms with E-state index in [1.54, 1.807) is 0 Å². The molecule has 1 saturated heterocycles. The van der Waals surface area contributed by atoms with E-state index in [0.29, 0.717) is 11.5 Å². The summed E-state index contributed by atoms with van der Waals surface area (Å²) in [6.45, 7) is 10.9. The molecule has 0 bridgehead atoms. The van der Waals surface area contributed by atoms with E-state index in [9.17, 15) is 0 Å². The molecule has 2 nitrogen and oxygen atoms in total. The Kier molecular flexibility index (Phi) is 6.55. The predicted molar refractivity (Wildman–Crippen MR) is 92.7 cm³/mol. The van der Waals surface area contributed by atoms with Crippen LogP contribution in [0.2, 0.25) is 0 Å². The summed E-state index contributed by atoms with van der Waals surface area (Å²) < 4.78 is 0. The summed E-state index contributed by atoms with van der Waals surface area (Å²) >= 11 is 0. The van der Waals surface area contributed by atoms with Crippen molar-refractivity contribution < 1.29 is 0 Å². The summed E-state index contributed by atoms with van der Waals surface area (Å²) in [4.78, 5) is 0. The summed E-state index contributed by atoms with van der Waals surface area (Å²) in [7, 11) is 0. The number of nitrogens with one attached hydrogen (secondary N) is 2. The van der Waals surface area contributed by atoms with Gasteiger partial charge in [0, 0.05) is 18.1 Å². The molecular formula is C19H38N2. The van der Waals surface area contributed by atoms with Crippen LogP contribution >= 0.6 is 0 Å². The lowest BCUT2D eigenvalue weighted by molar-refractivity contribution is 0.122. The molecule has 0 radical (unpaired) electrons. The van der Waals surface area contributed by atoms with Crippen molar-refractivity contribution in [3.8, 4) is 0 Å². The molecule has 4 atom stereocenters. The molecule has 21 heavy (non-hydrogen) atoms. The molecule has 1 saturated carbocycles. The van der Waals surface area contributed by atoms with E-state index in [2.05, 4.69) is 38.3 Å². The topological polar surface area (TPSA) is 24.1 Å². The lowest BCUT2D eigenvalue weighted by atomic mass is 9.69. The van der Waals surface area contributed by atoms with Gasteiger partial charge >= 0.3 is 0 Å². The maximum Gasteiger partial charge on any atom is 0.0103 e. The summed E-state index contributed by atoms with van der Waals surface area (Å²) in [5.74, 6) is 0.843. The van der Waals surface area contributed by atoms with Gasteiger partial charge in [0.15, 0.2) is 0 Å². The minimum Gasteiger partial charge on any atom is -0.314 e. The van der Waals surface area contributed by atoms with Gasteiger partial charge in [-0.15, -0.1) is 0 Å². The highest BCUT2D eigenvalue weighted by atomic mass is 15.0. The number of hydrogen-bond acceptors (Lipinski definition) is 2. The van der Waals surface area contributed by atoms with Crippen molar-refractivity contribution in [2.45, 2.75) is 104 Å². The van der Waals surface area contributed by atoms with Gasteiger partial charge in [-0.1, -0.05) is 46.5 Å². The van der Waals surface area contributed by atoms with Gasteiger partial charge in [0.1, 0.15) is 0 Å². The van der Waals surface area contributed by atoms with Crippen molar-refractivity contribution in [2.75, 3.05) is 6.54 Å². The third kappa shape index (κ3) is 5.56. The molecule has 1 aliphatic heterocycles. The molecule has 1 heterocycles. The highest BCUT2D eigenvalue weighted by molar-refractivity contribution is 4.90. The minimum absolute atomic E-state index is 0.443. The van der Waals surface area contributed by atoms with E-state index in [4.69, 9.17) is 0 Å². The largest absolute Gasteiger partial charge is 0.314 e. The third-order valence-electron chi connectivity index (χ3n) is 5.68. The van der Waals surface area contributed by atoms with Gasteiger partial charge in [0.2, 0.25) is 0 Å². The molecule has 2 heteroatoms. The van der Waals surface area contributed by atoms with Crippen LogP contribution in [-0.2, 0) is 0 Å². The van der Waals surface area contributed by atoms with Crippen LogP contribution < -0.4 is 10.6 Å². The predicted octanol–water partition coefficient (Wildman–Crippen LogP) is 4.49. The normalized spacial score (nSPS) is 33.4. The Morgan fingerprint density at radius 1 is 1.00 bits per heavy atom. The first-order chi connectivity index (χ1) is 9.97. The summed E-state index contributed by atoms with van der Waals surface area (Å²) in [5, 5.41) is 7.75. The van der Waals surface area contributed by atoms with E-state index in [1.165, 1.54) is 64.3 Å². The Balaban J connectivity index is 1.83. The Hall–Kier alpha value is -0.0800. The van der Waals surface area contributed by atoms with Gasteiger partial charge in [-0.2, -0.15) is 0 Å². The molecule has 0 amide bonds. The third-order valence-corrected chi connectivity index (χ3v) is 5.68. The first kappa shape index (κ1) is 17.3. The Morgan fingerprint density at radius 3 is 2.48 bits per heavy atom. The van der Waals surface area contributed by atoms with Gasteiger partial charge < -0.3 is 10.6 Å². The number of rotatable bonds is 4. The van der Waals surface area contributed by atoms with Crippen molar-refractivity contribution in [3.05, 3.63) is 0 Å². The van der Waals surface area contributed by atoms with E-state index in [1.807, 2.05) is 0 Å². The molecule has 2 aliphatic rings. The average molecular weight is 295 g/mol. The fourth-order valence-corrected chi connectivity index (χ4v) is 4.53. The maximum absolute atomic E-state index is 4.00. The van der Waals surface area contributed by atoms with Gasteiger partial charge in [-0.3, -0.25) is 0 Å². The number of hydrogen-bond donors (Lipinski definition) is 2. The molecule has 2 fully saturated rings. The monoisotopic (exact) mass is 294 g/mol. The second-order valence-electron chi connectivity index (χ2n) is 8.67. The molecule has 124 valence electrons. The Labute approximate surface area is 132 Å². The average Bonchev–Trinajstić information content (AvgIpc) is 2.66. The molecular weight excluding hydrogens is 256 g/mol. The van der Waals surface area contributed by atoms with Crippen molar-refractivity contribution in [3.63, 3.8) is 0 Å². The Morgan fingerprint density at radius 2 is 1.71 bits per heavy atom. The van der Waals surface area contributed by atoms with Crippen LogP contribution in [0.1, 0.15) is 85.5 Å². The van der Waals surface area contributed by atoms with Crippen LogP contribution in [0.5, 0.6) is 0 Å². The molecule has 1 aliphatic carbocycles. The van der Waals surface area contributed by atoms with Crippen LogP contribution in [0.4, 0.5) is 0 Å². The molecule has 4 unspecified atom stereocenters. The van der Waals surface area contributed by atoms with Crippen molar-refractivity contribution in [1.29, 1.82) is 0 Å². The maximum atomic E-state index is 4.00. The zero-order valence-electron chi connectivity index (χ0n) is 14.9. The summed E-state index contributed by atoms with van der Waals surface area (Å²) in [6.07, 6.45) is 12.5. The lowest BCUT2D eigenvalue weighted by Crippen LogP contribution is -2.49. The van der Waals surface area contributed by atoms with E-state index < -0.39 is 0 Å². The molecule has 0 aromatic rings. The summed E-state index contributed by atoms with van der Waals surface area (Å²) in [6, 6.07) is 2.12. The van der Waals surface area contributed by atoms with Crippen molar-refractivity contribution in [1.82, 2.24) is 10.6 Å². The molecule has 0 aromatic carbocycles. The van der Waals surface area contributed by atoms with E-state index >= 15 is 0 Å². The van der Waals surface area contributed by atoms with Crippen LogP contribution in [0, 0.1) is 11.3 Å². The van der Waals surface area contributed by atoms with E-state index in [-0.39, 0.29) is 0 Å². The van der Waals surface area contributed by atoms with Crippen molar-refractivity contribution >= 4 is 0 Å². The lowest BCUT2D eigenvalue weighted by Gasteiger charge is -2.42. The fourth-order valence-electron chi connectivity index (χ4n) is 4.53. The second kappa shape index (κ2) is 7.97. The van der Waals surface area contributed by atoms with Crippen LogP contribution in [0.3, 0.4) is 0 Å². The SMILES string of the molecule is CC(CC1CCCCCN1)NC1CCCCC1C(C)(C)C. The zero-order valence-corrected chi connectivity index (χ0v) is 14.9. The standard InChI is InChI=1S/C19H38N2/c1-15(14-16-10-6-5-9-13-20-16)21-18-12-8-7-11-17(18)19(2,3)4/h15-18,20-21H,5-14H2,1-4H3. The van der Waals surface area contributed by atoms with Crippen LogP contribution in [0.25, 0.3) is 0 Å². The molecule has 0 spiro atoms. The van der Waals surface area contributed by atoms with Gasteiger partial charge in [0.25, 0.3) is 0 Å². The fraction of sp³-hybridized carbons (Fsp3) is 1.00. The summed E-state index contributed by atoms with van der Waals surface area (Å²) in [5.41, 5.74) is 0.443. The molecule has 2 N–H and O–H groups in total. The van der Waals surface area contributed by atoms with Crippen molar-refractivity contribution in [2.24, 2.45) is 11.3 Å². The first-order valence-electron chi connectivity index (χ1n) is 9.46. The Bertz CT molecular complexity index is 286. The van der Waals surface area contributed by atoms with E-state index in [0.717, 1.165) is 18.0 Å². The first-order valence-corrected chi connectivity index (χ1v) is 9.46. The molecule has 0 aromatic heterocycles. The highest BCUT2D eigenvalue weighted by Crippen LogP contribution is 2.38. The quantitative estimate of drug-likeness (QED) is 0.798. The van der Waals surface area contributed by atoms with Gasteiger partial charge in [-0.05, 0) is 56.9 Å².